The second-order valence-corrected chi connectivity index (χ2v) is 5.39. The number of nitrogens with zero attached hydrogens (tertiary/aromatic N) is 1. The number of hydrogen-bond donors (Lipinski definition) is 3. The van der Waals surface area contributed by atoms with E-state index in [1.807, 2.05) is 6.92 Å². The third-order valence-corrected chi connectivity index (χ3v) is 4.19. The molecule has 0 aromatic rings. The van der Waals surface area contributed by atoms with Gasteiger partial charge in [-0.3, -0.25) is 15.0 Å². The normalized spacial score (nSPS) is 29.4. The predicted octanol–water partition coefficient (Wildman–Crippen LogP) is -0.484. The van der Waals surface area contributed by atoms with Crippen molar-refractivity contribution in [3.8, 4) is 0 Å². The van der Waals surface area contributed by atoms with Gasteiger partial charge in [0.15, 0.2) is 0 Å². The Morgan fingerprint density at radius 3 is 2.78 bits per heavy atom. The van der Waals surface area contributed by atoms with Gasteiger partial charge in [-0.15, -0.1) is 0 Å². The molecule has 0 aliphatic carbocycles. The molecule has 2 fully saturated rings. The first-order valence-corrected chi connectivity index (χ1v) is 6.54. The van der Waals surface area contributed by atoms with E-state index in [0.29, 0.717) is 5.41 Å². The van der Waals surface area contributed by atoms with E-state index in [4.69, 9.17) is 0 Å². The first-order valence-electron chi connectivity index (χ1n) is 6.54. The van der Waals surface area contributed by atoms with Crippen LogP contribution in [0.15, 0.2) is 0 Å². The molecule has 6 heteroatoms. The monoisotopic (exact) mass is 254 g/mol. The molecular weight excluding hydrogens is 232 g/mol. The first-order chi connectivity index (χ1) is 8.56. The van der Waals surface area contributed by atoms with Crippen molar-refractivity contribution in [1.29, 1.82) is 0 Å². The van der Waals surface area contributed by atoms with Crippen LogP contribution in [0.2, 0.25) is 0 Å². The molecule has 0 radical (unpaired) electrons. The zero-order valence-corrected chi connectivity index (χ0v) is 11.1. The zero-order valence-electron chi connectivity index (χ0n) is 11.1. The minimum atomic E-state index is -0.441. The average Bonchev–Trinajstić information content (AvgIpc) is 2.99. The summed E-state index contributed by atoms with van der Waals surface area (Å²) in [5.41, 5.74) is 0.349. The summed E-state index contributed by atoms with van der Waals surface area (Å²) < 4.78 is 0. The van der Waals surface area contributed by atoms with E-state index in [2.05, 4.69) is 20.9 Å². The number of amides is 3. The van der Waals surface area contributed by atoms with Gasteiger partial charge in [0.25, 0.3) is 0 Å². The van der Waals surface area contributed by atoms with Crippen LogP contribution in [0.1, 0.15) is 19.8 Å². The lowest BCUT2D eigenvalue weighted by Crippen LogP contribution is -2.49. The third-order valence-electron chi connectivity index (χ3n) is 4.19. The van der Waals surface area contributed by atoms with Crippen molar-refractivity contribution >= 4 is 11.9 Å². The molecule has 2 heterocycles. The van der Waals surface area contributed by atoms with Crippen LogP contribution in [0, 0.1) is 5.41 Å². The molecule has 6 nitrogen and oxygen atoms in total. The summed E-state index contributed by atoms with van der Waals surface area (Å²) >= 11 is 0. The number of carbonyl (C=O) groups is 2. The Bertz CT molecular complexity index is 339. The van der Waals surface area contributed by atoms with Crippen LogP contribution in [0.5, 0.6) is 0 Å². The Morgan fingerprint density at radius 2 is 2.17 bits per heavy atom. The van der Waals surface area contributed by atoms with Crippen molar-refractivity contribution in [2.75, 3.05) is 33.2 Å². The van der Waals surface area contributed by atoms with Crippen molar-refractivity contribution in [1.82, 2.24) is 20.9 Å². The molecular formula is C12H22N4O2. The van der Waals surface area contributed by atoms with Gasteiger partial charge in [-0.1, -0.05) is 0 Å². The van der Waals surface area contributed by atoms with Crippen LogP contribution in [0.4, 0.5) is 4.79 Å². The van der Waals surface area contributed by atoms with E-state index in [-0.39, 0.29) is 11.9 Å². The molecule has 0 bridgehead atoms. The second kappa shape index (κ2) is 5.24. The summed E-state index contributed by atoms with van der Waals surface area (Å²) in [6, 6.07) is -0.689. The lowest BCUT2D eigenvalue weighted by atomic mass is 9.86. The van der Waals surface area contributed by atoms with Gasteiger partial charge in [0, 0.05) is 20.1 Å². The Labute approximate surface area is 107 Å². The van der Waals surface area contributed by atoms with E-state index in [0.717, 1.165) is 32.6 Å². The smallest absolute Gasteiger partial charge is 0.321 e. The van der Waals surface area contributed by atoms with Crippen molar-refractivity contribution < 1.29 is 9.59 Å². The minimum Gasteiger partial charge on any atom is -0.341 e. The molecule has 2 unspecified atom stereocenters. The molecule has 2 saturated heterocycles. The fourth-order valence-electron chi connectivity index (χ4n) is 2.89. The number of imide groups is 1. The van der Waals surface area contributed by atoms with Gasteiger partial charge < -0.3 is 10.6 Å². The highest BCUT2D eigenvalue weighted by molar-refractivity contribution is 5.96. The number of likely N-dealkylation sites (tertiary alicyclic amines) is 1. The molecule has 102 valence electrons. The molecule has 3 amide bonds. The van der Waals surface area contributed by atoms with Gasteiger partial charge >= 0.3 is 6.03 Å². The van der Waals surface area contributed by atoms with Gasteiger partial charge in [-0.2, -0.15) is 0 Å². The lowest BCUT2D eigenvalue weighted by Gasteiger charge is -2.26. The Balaban J connectivity index is 1.88. The van der Waals surface area contributed by atoms with Crippen LogP contribution in [-0.2, 0) is 4.79 Å². The molecule has 2 aliphatic rings. The maximum absolute atomic E-state index is 11.9. The van der Waals surface area contributed by atoms with Crippen LogP contribution >= 0.6 is 0 Å². The Hall–Kier alpha value is -1.14. The molecule has 2 aliphatic heterocycles. The number of carbonyl (C=O) groups excluding carboxylic acids is 2. The van der Waals surface area contributed by atoms with E-state index in [1.165, 1.54) is 13.5 Å². The van der Waals surface area contributed by atoms with E-state index < -0.39 is 6.03 Å². The molecule has 1 spiro atoms. The van der Waals surface area contributed by atoms with Crippen LogP contribution in [0.3, 0.4) is 0 Å². The van der Waals surface area contributed by atoms with Crippen LogP contribution in [-0.4, -0.2) is 56.1 Å². The van der Waals surface area contributed by atoms with Crippen LogP contribution < -0.4 is 16.0 Å². The number of rotatable bonds is 2. The molecule has 2 rings (SSSR count). The number of urea groups is 1. The fourth-order valence-corrected chi connectivity index (χ4v) is 2.89. The third kappa shape index (κ3) is 2.64. The molecule has 3 N–H and O–H groups in total. The van der Waals surface area contributed by atoms with E-state index in [1.54, 1.807) is 0 Å². The highest BCUT2D eigenvalue weighted by atomic mass is 16.2. The predicted molar refractivity (Wildman–Crippen MR) is 68.2 cm³/mol. The van der Waals surface area contributed by atoms with Gasteiger partial charge in [-0.05, 0) is 38.3 Å². The van der Waals surface area contributed by atoms with Crippen molar-refractivity contribution in [2.45, 2.75) is 25.8 Å². The Morgan fingerprint density at radius 1 is 1.39 bits per heavy atom. The van der Waals surface area contributed by atoms with Crippen molar-refractivity contribution in [2.24, 2.45) is 5.41 Å². The van der Waals surface area contributed by atoms with Gasteiger partial charge in [0.2, 0.25) is 5.91 Å². The molecule has 0 aromatic carbocycles. The summed E-state index contributed by atoms with van der Waals surface area (Å²) in [6.45, 7) is 5.87. The molecule has 2 atom stereocenters. The minimum absolute atomic E-state index is 0.225. The quantitative estimate of drug-likeness (QED) is 0.622. The maximum Gasteiger partial charge on any atom is 0.321 e. The largest absolute Gasteiger partial charge is 0.341 e. The Kier molecular flexibility index (Phi) is 3.87. The molecule has 0 saturated carbocycles. The van der Waals surface area contributed by atoms with E-state index >= 15 is 0 Å². The summed E-state index contributed by atoms with van der Waals surface area (Å²) in [5.74, 6) is -0.225. The van der Waals surface area contributed by atoms with Gasteiger partial charge in [0.1, 0.15) is 0 Å². The maximum atomic E-state index is 11.9. The number of nitrogens with one attached hydrogen (secondary N) is 3. The zero-order chi connectivity index (χ0) is 13.2. The van der Waals surface area contributed by atoms with Gasteiger partial charge in [-0.25, -0.2) is 4.79 Å². The standard InChI is InChI=1S/C12H22N4O2/c1-9(10(17)15-11(18)13-2)16-6-4-12(8-16)3-5-14-7-12/h9,14H,3-8H2,1-2H3,(H2,13,15,17,18). The molecule has 0 aromatic heterocycles. The topological polar surface area (TPSA) is 73.5 Å². The van der Waals surface area contributed by atoms with Crippen LogP contribution in [0.25, 0.3) is 0 Å². The summed E-state index contributed by atoms with van der Waals surface area (Å²) in [5, 5.41) is 8.12. The summed E-state index contributed by atoms with van der Waals surface area (Å²) in [4.78, 5) is 25.2. The lowest BCUT2D eigenvalue weighted by molar-refractivity contribution is -0.124. The fraction of sp³-hybridized carbons (Fsp3) is 0.833. The van der Waals surface area contributed by atoms with Gasteiger partial charge in [0.05, 0.1) is 6.04 Å². The molecule has 18 heavy (non-hydrogen) atoms. The first kappa shape index (κ1) is 13.3. The van der Waals surface area contributed by atoms with Crippen molar-refractivity contribution in [3.05, 3.63) is 0 Å². The van der Waals surface area contributed by atoms with E-state index in [9.17, 15) is 9.59 Å². The SMILES string of the molecule is CNC(=O)NC(=O)C(C)N1CCC2(CCNC2)C1. The second-order valence-electron chi connectivity index (χ2n) is 5.39. The summed E-state index contributed by atoms with van der Waals surface area (Å²) in [6.07, 6.45) is 2.32. The average molecular weight is 254 g/mol. The number of hydrogen-bond acceptors (Lipinski definition) is 4. The summed E-state index contributed by atoms with van der Waals surface area (Å²) in [7, 11) is 1.50. The highest BCUT2D eigenvalue weighted by Crippen LogP contribution is 2.36. The van der Waals surface area contributed by atoms with Crippen molar-refractivity contribution in [3.63, 3.8) is 0 Å². The highest BCUT2D eigenvalue weighted by Gasteiger charge is 2.42.